The van der Waals surface area contributed by atoms with E-state index in [2.05, 4.69) is 26.3 Å². The molecule has 4 rings (SSSR count). The van der Waals surface area contributed by atoms with Crippen LogP contribution in [0, 0.1) is 11.3 Å². The Labute approximate surface area is 173 Å². The summed E-state index contributed by atoms with van der Waals surface area (Å²) in [5.41, 5.74) is 1.65. The average Bonchev–Trinajstić information content (AvgIpc) is 2.79. The summed E-state index contributed by atoms with van der Waals surface area (Å²) in [6.07, 6.45) is 1.31. The fourth-order valence-corrected chi connectivity index (χ4v) is 3.43. The molecule has 1 aromatic heterocycles. The van der Waals surface area contributed by atoms with E-state index in [1.54, 1.807) is 30.3 Å². The van der Waals surface area contributed by atoms with Crippen LogP contribution >= 0.6 is 0 Å². The molecule has 0 aliphatic carbocycles. The van der Waals surface area contributed by atoms with Crippen LogP contribution in [-0.4, -0.2) is 42.1 Å². The van der Waals surface area contributed by atoms with Crippen molar-refractivity contribution in [1.82, 2.24) is 9.97 Å². The van der Waals surface area contributed by atoms with E-state index < -0.39 is 11.5 Å². The molecule has 1 aliphatic rings. The SMILES string of the molecule is N#Cc1ccccc1N1CCN(c2ncc(C(=O)Nc3ccccc3)c(=O)[nH]2)CC1. The Morgan fingerprint density at radius 2 is 1.67 bits per heavy atom. The van der Waals surface area contributed by atoms with Crippen LogP contribution < -0.4 is 20.7 Å². The van der Waals surface area contributed by atoms with Gasteiger partial charge in [0.05, 0.1) is 11.3 Å². The normalized spacial score (nSPS) is 13.6. The third-order valence-electron chi connectivity index (χ3n) is 5.01. The van der Waals surface area contributed by atoms with Gasteiger partial charge in [-0.1, -0.05) is 30.3 Å². The van der Waals surface area contributed by atoms with Gasteiger partial charge < -0.3 is 15.1 Å². The first-order valence-corrected chi connectivity index (χ1v) is 9.60. The first-order valence-electron chi connectivity index (χ1n) is 9.60. The van der Waals surface area contributed by atoms with Crippen LogP contribution in [-0.2, 0) is 0 Å². The number of anilines is 3. The van der Waals surface area contributed by atoms with Crippen molar-refractivity contribution in [2.75, 3.05) is 41.3 Å². The summed E-state index contributed by atoms with van der Waals surface area (Å²) in [5, 5.41) is 12.0. The minimum Gasteiger partial charge on any atom is -0.367 e. The van der Waals surface area contributed by atoms with Crippen molar-refractivity contribution < 1.29 is 4.79 Å². The van der Waals surface area contributed by atoms with E-state index in [9.17, 15) is 14.9 Å². The van der Waals surface area contributed by atoms with Gasteiger partial charge in [0, 0.05) is 38.1 Å². The van der Waals surface area contributed by atoms with Crippen molar-refractivity contribution in [2.45, 2.75) is 0 Å². The maximum atomic E-state index is 12.5. The van der Waals surface area contributed by atoms with Gasteiger partial charge in [-0.05, 0) is 24.3 Å². The Balaban J connectivity index is 1.43. The number of nitrogens with zero attached hydrogens (tertiary/aromatic N) is 4. The number of piperazine rings is 1. The molecule has 0 unspecified atom stereocenters. The number of H-pyrrole nitrogens is 1. The van der Waals surface area contributed by atoms with Gasteiger partial charge in [-0.3, -0.25) is 14.6 Å². The summed E-state index contributed by atoms with van der Waals surface area (Å²) in [6, 6.07) is 18.7. The van der Waals surface area contributed by atoms with Crippen molar-refractivity contribution in [3.8, 4) is 6.07 Å². The number of aromatic amines is 1. The first-order chi connectivity index (χ1) is 14.7. The van der Waals surface area contributed by atoms with Gasteiger partial charge in [0.15, 0.2) is 0 Å². The number of carbonyl (C=O) groups is 1. The van der Waals surface area contributed by atoms with E-state index in [0.717, 1.165) is 5.69 Å². The molecule has 1 aliphatic heterocycles. The van der Waals surface area contributed by atoms with Crippen LogP contribution in [0.1, 0.15) is 15.9 Å². The molecule has 2 heterocycles. The highest BCUT2D eigenvalue weighted by molar-refractivity contribution is 6.03. The topological polar surface area (TPSA) is 105 Å². The lowest BCUT2D eigenvalue weighted by atomic mass is 10.1. The van der Waals surface area contributed by atoms with Crippen molar-refractivity contribution in [2.24, 2.45) is 0 Å². The molecule has 0 saturated carbocycles. The number of amides is 1. The van der Waals surface area contributed by atoms with Gasteiger partial charge in [-0.15, -0.1) is 0 Å². The second-order valence-electron chi connectivity index (χ2n) is 6.87. The smallest absolute Gasteiger partial charge is 0.265 e. The predicted molar refractivity (Wildman–Crippen MR) is 115 cm³/mol. The van der Waals surface area contributed by atoms with Crippen LogP contribution in [0.3, 0.4) is 0 Å². The van der Waals surface area contributed by atoms with Crippen LogP contribution in [0.25, 0.3) is 0 Å². The number of hydrogen-bond donors (Lipinski definition) is 2. The molecule has 8 nitrogen and oxygen atoms in total. The van der Waals surface area contributed by atoms with Crippen LogP contribution in [0.15, 0.2) is 65.6 Å². The number of carbonyl (C=O) groups excluding carboxylic acids is 1. The van der Waals surface area contributed by atoms with Gasteiger partial charge >= 0.3 is 0 Å². The highest BCUT2D eigenvalue weighted by Gasteiger charge is 2.21. The Kier molecular flexibility index (Phi) is 5.44. The summed E-state index contributed by atoms with van der Waals surface area (Å²) in [4.78, 5) is 35.9. The number of benzene rings is 2. The Hall–Kier alpha value is -4.12. The van der Waals surface area contributed by atoms with Crippen molar-refractivity contribution >= 4 is 23.2 Å². The van der Waals surface area contributed by atoms with E-state index in [4.69, 9.17) is 0 Å². The third-order valence-corrected chi connectivity index (χ3v) is 5.01. The van der Waals surface area contributed by atoms with E-state index in [1.807, 2.05) is 29.2 Å². The lowest BCUT2D eigenvalue weighted by molar-refractivity contribution is 0.102. The number of nitriles is 1. The lowest BCUT2D eigenvalue weighted by Crippen LogP contribution is -2.47. The van der Waals surface area contributed by atoms with Crippen molar-refractivity contribution in [1.29, 1.82) is 5.26 Å². The van der Waals surface area contributed by atoms with E-state index in [-0.39, 0.29) is 5.56 Å². The quantitative estimate of drug-likeness (QED) is 0.696. The molecule has 1 saturated heterocycles. The predicted octanol–water partition coefficient (Wildman–Crippen LogP) is 2.22. The fraction of sp³-hybridized carbons (Fsp3) is 0.182. The fourth-order valence-electron chi connectivity index (χ4n) is 3.43. The molecule has 8 heteroatoms. The minimum absolute atomic E-state index is 0.0378. The number of hydrogen-bond acceptors (Lipinski definition) is 6. The molecule has 0 atom stereocenters. The summed E-state index contributed by atoms with van der Waals surface area (Å²) in [7, 11) is 0. The zero-order valence-corrected chi connectivity index (χ0v) is 16.2. The molecule has 1 amide bonds. The van der Waals surface area contributed by atoms with Crippen molar-refractivity contribution in [3.05, 3.63) is 82.3 Å². The first kappa shape index (κ1) is 19.2. The molecule has 30 heavy (non-hydrogen) atoms. The molecular formula is C22H20N6O2. The molecule has 3 aromatic rings. The molecular weight excluding hydrogens is 380 g/mol. The number of aromatic nitrogens is 2. The molecule has 1 fully saturated rings. The number of para-hydroxylation sites is 2. The zero-order chi connectivity index (χ0) is 20.9. The molecule has 0 spiro atoms. The van der Waals surface area contributed by atoms with E-state index in [1.165, 1.54) is 6.20 Å². The molecule has 0 bridgehead atoms. The standard InChI is InChI=1S/C22H20N6O2/c23-14-16-6-4-5-9-19(16)27-10-12-28(13-11-27)22-24-15-18(21(30)26-22)20(29)25-17-7-2-1-3-8-17/h1-9,15H,10-13H2,(H,25,29)(H,24,26,30). The summed E-state index contributed by atoms with van der Waals surface area (Å²) >= 11 is 0. The molecule has 2 aromatic carbocycles. The maximum absolute atomic E-state index is 12.5. The van der Waals surface area contributed by atoms with Gasteiger partial charge in [-0.25, -0.2) is 4.98 Å². The highest BCUT2D eigenvalue weighted by atomic mass is 16.2. The summed E-state index contributed by atoms with van der Waals surface area (Å²) in [6.45, 7) is 2.66. The van der Waals surface area contributed by atoms with E-state index in [0.29, 0.717) is 43.4 Å². The Morgan fingerprint density at radius 3 is 2.37 bits per heavy atom. The van der Waals surface area contributed by atoms with Gasteiger partial charge in [0.25, 0.3) is 11.5 Å². The van der Waals surface area contributed by atoms with Crippen LogP contribution in [0.4, 0.5) is 17.3 Å². The lowest BCUT2D eigenvalue weighted by Gasteiger charge is -2.36. The summed E-state index contributed by atoms with van der Waals surface area (Å²) in [5.74, 6) is -0.0658. The van der Waals surface area contributed by atoms with E-state index >= 15 is 0 Å². The largest absolute Gasteiger partial charge is 0.367 e. The summed E-state index contributed by atoms with van der Waals surface area (Å²) < 4.78 is 0. The number of nitrogens with one attached hydrogen (secondary N) is 2. The van der Waals surface area contributed by atoms with Crippen LogP contribution in [0.5, 0.6) is 0 Å². The average molecular weight is 400 g/mol. The van der Waals surface area contributed by atoms with Crippen molar-refractivity contribution in [3.63, 3.8) is 0 Å². The molecule has 2 N–H and O–H groups in total. The highest BCUT2D eigenvalue weighted by Crippen LogP contribution is 2.22. The monoisotopic (exact) mass is 400 g/mol. The molecule has 150 valence electrons. The maximum Gasteiger partial charge on any atom is 0.265 e. The van der Waals surface area contributed by atoms with Gasteiger partial charge in [0.2, 0.25) is 5.95 Å². The Morgan fingerprint density at radius 1 is 1.00 bits per heavy atom. The second-order valence-corrected chi connectivity index (χ2v) is 6.87. The van der Waals surface area contributed by atoms with Gasteiger partial charge in [-0.2, -0.15) is 5.26 Å². The van der Waals surface area contributed by atoms with Gasteiger partial charge in [0.1, 0.15) is 11.6 Å². The van der Waals surface area contributed by atoms with Crippen LogP contribution in [0.2, 0.25) is 0 Å². The molecule has 0 radical (unpaired) electrons. The third kappa shape index (κ3) is 4.00. The minimum atomic E-state index is -0.501. The Bertz CT molecular complexity index is 1140. The number of rotatable bonds is 4. The zero-order valence-electron chi connectivity index (χ0n) is 16.2. The second kappa shape index (κ2) is 8.49.